The van der Waals surface area contributed by atoms with Crippen molar-refractivity contribution in [1.29, 1.82) is 0 Å². The lowest BCUT2D eigenvalue weighted by atomic mass is 10.1. The Morgan fingerprint density at radius 3 is 1.41 bits per heavy atom. The highest BCUT2D eigenvalue weighted by Gasteiger charge is 2.27. The van der Waals surface area contributed by atoms with E-state index >= 15 is 0 Å². The number of rotatable bonds is 51. The lowest BCUT2D eigenvalue weighted by Gasteiger charge is -2.30. The monoisotopic (exact) mass is 1010 g/mol. The van der Waals surface area contributed by atoms with Crippen LogP contribution in [0.25, 0.3) is 0 Å². The number of esters is 1. The molecule has 0 aromatic rings. The van der Waals surface area contributed by atoms with E-state index in [1.165, 1.54) is 77.0 Å². The maximum Gasteiger partial charge on any atom is 0.306 e. The Morgan fingerprint density at radius 2 is 0.915 bits per heavy atom. The van der Waals surface area contributed by atoms with Crippen LogP contribution in [0.4, 0.5) is 0 Å². The summed E-state index contributed by atoms with van der Waals surface area (Å²) in [6.07, 6.45) is 65.5. The first-order valence-electron chi connectivity index (χ1n) is 28.9. The van der Waals surface area contributed by atoms with Crippen LogP contribution < -0.4 is 10.2 Å². The third-order valence-electron chi connectivity index (χ3n) is 12.3. The van der Waals surface area contributed by atoms with Crippen molar-refractivity contribution in [3.8, 4) is 0 Å². The molecule has 0 radical (unpaired) electrons. The van der Waals surface area contributed by atoms with Gasteiger partial charge in [0.15, 0.2) is 0 Å². The average molecular weight is 1010 g/mol. The molecule has 9 nitrogen and oxygen atoms in total. The summed E-state index contributed by atoms with van der Waals surface area (Å²) in [5.41, 5.74) is 0. The standard InChI is InChI=1S/C61H109N2O7P/c1-7-10-13-16-19-22-25-26-27-28-29-30-31-32-33-34-35-36-39-42-45-48-51-54-61(65)70-59(52-49-46-43-40-37-23-20-17-14-11-8-2)58(57-69-71(66,67)68-56-55-63(4,5)6)62-60(64)53-50-47-44-41-38-24-21-18-15-12-9-3/h10,13,18-19,21-22,26-27,29-30,32-33,49,52,58-59H,7-9,11-12,14-17,20,23-25,28,31,34-48,50-51,53-57H2,1-6H3,(H-,62,64,66,67)/b13-10-,21-18-,22-19-,27-26-,30-29-,33-32-,52-49-. The van der Waals surface area contributed by atoms with Gasteiger partial charge in [0.05, 0.1) is 33.8 Å². The third-order valence-corrected chi connectivity index (χ3v) is 13.3. The Kier molecular flexibility index (Phi) is 48.7. The fourth-order valence-corrected chi connectivity index (χ4v) is 8.55. The van der Waals surface area contributed by atoms with Crippen molar-refractivity contribution < 1.29 is 37.3 Å². The first-order chi connectivity index (χ1) is 34.4. The smallest absolute Gasteiger partial charge is 0.306 e. The molecule has 0 aromatic heterocycles. The maximum absolute atomic E-state index is 13.4. The highest BCUT2D eigenvalue weighted by atomic mass is 31.2. The van der Waals surface area contributed by atoms with Crippen molar-refractivity contribution in [2.45, 2.75) is 251 Å². The minimum atomic E-state index is -4.70. The van der Waals surface area contributed by atoms with Crippen molar-refractivity contribution in [1.82, 2.24) is 5.32 Å². The molecule has 10 heteroatoms. The van der Waals surface area contributed by atoms with E-state index in [0.717, 1.165) is 122 Å². The van der Waals surface area contributed by atoms with Crippen molar-refractivity contribution in [3.05, 3.63) is 85.1 Å². The van der Waals surface area contributed by atoms with Gasteiger partial charge in [-0.25, -0.2) is 0 Å². The van der Waals surface area contributed by atoms with Gasteiger partial charge in [-0.2, -0.15) is 0 Å². The van der Waals surface area contributed by atoms with Gasteiger partial charge in [0.1, 0.15) is 19.3 Å². The number of amides is 1. The molecule has 0 bridgehead atoms. The molecule has 410 valence electrons. The minimum Gasteiger partial charge on any atom is -0.756 e. The first-order valence-corrected chi connectivity index (χ1v) is 30.4. The van der Waals surface area contributed by atoms with E-state index < -0.39 is 26.6 Å². The largest absolute Gasteiger partial charge is 0.756 e. The van der Waals surface area contributed by atoms with E-state index in [0.29, 0.717) is 23.9 Å². The Balaban J connectivity index is 5.22. The second-order valence-electron chi connectivity index (χ2n) is 20.4. The summed E-state index contributed by atoms with van der Waals surface area (Å²) >= 11 is 0. The summed E-state index contributed by atoms with van der Waals surface area (Å²) in [7, 11) is 1.16. The number of phosphoric ester groups is 1. The van der Waals surface area contributed by atoms with Crippen LogP contribution in [0.3, 0.4) is 0 Å². The van der Waals surface area contributed by atoms with Crippen LogP contribution in [-0.4, -0.2) is 69.4 Å². The number of nitrogens with zero attached hydrogens (tertiary/aromatic N) is 1. The van der Waals surface area contributed by atoms with Gasteiger partial charge in [0.25, 0.3) is 7.82 Å². The molecule has 0 aromatic carbocycles. The summed E-state index contributed by atoms with van der Waals surface area (Å²) < 4.78 is 30.2. The molecular weight excluding hydrogens is 904 g/mol. The summed E-state index contributed by atoms with van der Waals surface area (Å²) in [6.45, 7) is 6.65. The highest BCUT2D eigenvalue weighted by molar-refractivity contribution is 7.45. The second-order valence-corrected chi connectivity index (χ2v) is 21.8. The van der Waals surface area contributed by atoms with Gasteiger partial charge in [-0.1, -0.05) is 215 Å². The molecule has 0 aliphatic heterocycles. The molecule has 3 atom stereocenters. The van der Waals surface area contributed by atoms with E-state index in [1.54, 1.807) is 0 Å². The number of phosphoric acid groups is 1. The summed E-state index contributed by atoms with van der Waals surface area (Å²) in [5, 5.41) is 3.00. The lowest BCUT2D eigenvalue weighted by molar-refractivity contribution is -0.870. The van der Waals surface area contributed by atoms with Gasteiger partial charge in [-0.05, 0) is 96.0 Å². The fraction of sp³-hybridized carbons (Fsp3) is 0.738. The van der Waals surface area contributed by atoms with Gasteiger partial charge in [-0.15, -0.1) is 0 Å². The van der Waals surface area contributed by atoms with Gasteiger partial charge >= 0.3 is 5.97 Å². The molecule has 3 unspecified atom stereocenters. The van der Waals surface area contributed by atoms with Crippen molar-refractivity contribution >= 4 is 19.7 Å². The van der Waals surface area contributed by atoms with E-state index in [1.807, 2.05) is 33.3 Å². The summed E-state index contributed by atoms with van der Waals surface area (Å²) in [5.74, 6) is -0.570. The predicted molar refractivity (Wildman–Crippen MR) is 302 cm³/mol. The Morgan fingerprint density at radius 1 is 0.507 bits per heavy atom. The van der Waals surface area contributed by atoms with E-state index in [4.69, 9.17) is 13.8 Å². The van der Waals surface area contributed by atoms with Crippen LogP contribution in [0.2, 0.25) is 0 Å². The number of hydrogen-bond donors (Lipinski definition) is 1. The van der Waals surface area contributed by atoms with Crippen LogP contribution in [0.1, 0.15) is 239 Å². The molecule has 1 N–H and O–H groups in total. The zero-order chi connectivity index (χ0) is 52.2. The topological polar surface area (TPSA) is 114 Å². The number of carbonyl (C=O) groups excluding carboxylic acids is 2. The van der Waals surface area contributed by atoms with Gasteiger partial charge in [0, 0.05) is 12.8 Å². The molecular formula is C61H109N2O7P. The molecule has 0 aliphatic carbocycles. The van der Waals surface area contributed by atoms with Crippen molar-refractivity contribution in [2.75, 3.05) is 40.9 Å². The number of hydrogen-bond acceptors (Lipinski definition) is 7. The Labute approximate surface area is 437 Å². The SMILES string of the molecule is CC/C=C\C/C=C\C/C=C\C/C=C\C/C=C\CCCCCCCCCC(=O)OC(/C=C\CCCCCCCCCCC)C(COP(=O)([O-])OCC[N+](C)(C)C)NC(=O)CCCCCCC/C=C\CCCC. The van der Waals surface area contributed by atoms with E-state index in [9.17, 15) is 19.0 Å². The second kappa shape index (κ2) is 50.7. The number of allylic oxidation sites excluding steroid dienone is 13. The minimum absolute atomic E-state index is 0.0292. The van der Waals surface area contributed by atoms with Crippen molar-refractivity contribution in [2.24, 2.45) is 0 Å². The van der Waals surface area contributed by atoms with Gasteiger partial charge in [-0.3, -0.25) is 14.2 Å². The molecule has 0 saturated heterocycles. The van der Waals surface area contributed by atoms with Crippen molar-refractivity contribution in [3.63, 3.8) is 0 Å². The van der Waals surface area contributed by atoms with Gasteiger partial charge in [0.2, 0.25) is 5.91 Å². The molecule has 0 fully saturated rings. The number of carbonyl (C=O) groups is 2. The molecule has 71 heavy (non-hydrogen) atoms. The molecule has 0 heterocycles. The van der Waals surface area contributed by atoms with Crippen LogP contribution >= 0.6 is 7.82 Å². The zero-order valence-electron chi connectivity index (χ0n) is 46.7. The van der Waals surface area contributed by atoms with Crippen LogP contribution in [0, 0.1) is 0 Å². The van der Waals surface area contributed by atoms with Gasteiger partial charge < -0.3 is 28.5 Å². The maximum atomic E-state index is 13.4. The Hall–Kier alpha value is -2.81. The molecule has 0 saturated carbocycles. The highest BCUT2D eigenvalue weighted by Crippen LogP contribution is 2.38. The molecule has 0 aliphatic rings. The van der Waals surface area contributed by atoms with Crippen LogP contribution in [0.15, 0.2) is 85.1 Å². The average Bonchev–Trinajstić information content (AvgIpc) is 3.33. The summed E-state index contributed by atoms with van der Waals surface area (Å²) in [4.78, 5) is 39.8. The number of nitrogens with one attached hydrogen (secondary N) is 1. The zero-order valence-corrected chi connectivity index (χ0v) is 47.5. The van der Waals surface area contributed by atoms with Crippen LogP contribution in [-0.2, 0) is 27.9 Å². The predicted octanol–water partition coefficient (Wildman–Crippen LogP) is 16.8. The van der Waals surface area contributed by atoms with Crippen LogP contribution in [0.5, 0.6) is 0 Å². The fourth-order valence-electron chi connectivity index (χ4n) is 7.82. The quantitative estimate of drug-likeness (QED) is 0.0212. The number of quaternary nitrogens is 1. The molecule has 1 amide bonds. The third kappa shape index (κ3) is 51.9. The lowest BCUT2D eigenvalue weighted by Crippen LogP contribution is -2.47. The van der Waals surface area contributed by atoms with E-state index in [-0.39, 0.29) is 24.9 Å². The first kappa shape index (κ1) is 68.2. The number of likely N-dealkylation sites (N-methyl/N-ethyl adjacent to an activating group) is 1. The number of unbranched alkanes of at least 4 members (excludes halogenated alkanes) is 23. The molecule has 0 spiro atoms. The normalized spacial score (nSPS) is 14.4. The number of ether oxygens (including phenoxy) is 1. The Bertz CT molecular complexity index is 1490. The summed E-state index contributed by atoms with van der Waals surface area (Å²) in [6, 6.07) is -0.899. The van der Waals surface area contributed by atoms with E-state index in [2.05, 4.69) is 99.0 Å². The molecule has 0 rings (SSSR count).